The summed E-state index contributed by atoms with van der Waals surface area (Å²) in [7, 11) is 0. The van der Waals surface area contributed by atoms with Crippen LogP contribution < -0.4 is 0 Å². The van der Waals surface area contributed by atoms with Crippen LogP contribution in [-0.2, 0) is 14.3 Å². The van der Waals surface area contributed by atoms with E-state index in [4.69, 9.17) is 0 Å². The van der Waals surface area contributed by atoms with Gasteiger partial charge in [0, 0.05) is 6.08 Å². The minimum Gasteiger partial charge on any atom is -0.424 e. The Morgan fingerprint density at radius 1 is 1.38 bits per heavy atom. The Labute approximate surface area is 69.0 Å². The van der Waals surface area contributed by atoms with Crippen LogP contribution >= 0.6 is 0 Å². The van der Waals surface area contributed by atoms with Gasteiger partial charge in [-0.15, -0.1) is 0 Å². The Kier molecular flexibility index (Phi) is 1.89. The van der Waals surface area contributed by atoms with Gasteiger partial charge in [-0.25, -0.2) is 0 Å². The Balaban J connectivity index is 2.98. The fourth-order valence-electron chi connectivity index (χ4n) is 0.664. The molecule has 0 N–H and O–H groups in total. The largest absolute Gasteiger partial charge is 0.468 e. The molecule has 0 aromatic carbocycles. The first-order valence-corrected chi connectivity index (χ1v) is 2.97. The first kappa shape index (κ1) is 9.69. The van der Waals surface area contributed by atoms with Gasteiger partial charge in [0.05, 0.1) is 0 Å². The van der Waals surface area contributed by atoms with Crippen molar-refractivity contribution in [3.8, 4) is 0 Å². The van der Waals surface area contributed by atoms with E-state index in [2.05, 4.69) is 4.74 Å². The van der Waals surface area contributed by atoms with Crippen molar-refractivity contribution in [3.63, 3.8) is 0 Å². The summed E-state index contributed by atoms with van der Waals surface area (Å²) in [5.74, 6) is -7.43. The third-order valence-electron chi connectivity index (χ3n) is 1.29. The van der Waals surface area contributed by atoms with E-state index in [1.807, 2.05) is 0 Å². The number of carbonyl (C=O) groups is 2. The Morgan fingerprint density at radius 3 is 2.23 bits per heavy atom. The minimum absolute atomic E-state index is 0.371. The zero-order valence-electron chi connectivity index (χ0n) is 5.89. The fraction of sp³-hybridized carbons (Fsp3) is 0.333. The maximum Gasteiger partial charge on any atom is 0.468 e. The van der Waals surface area contributed by atoms with E-state index in [1.165, 1.54) is 0 Å². The predicted molar refractivity (Wildman–Crippen MR) is 30.1 cm³/mol. The molecule has 7 heteroatoms. The normalized spacial score (nSPS) is 23.2. The third kappa shape index (κ3) is 1.41. The lowest BCUT2D eigenvalue weighted by atomic mass is 10.3. The van der Waals surface area contributed by atoms with Gasteiger partial charge in [-0.3, -0.25) is 9.59 Å². The van der Waals surface area contributed by atoms with Crippen LogP contribution in [0.3, 0.4) is 0 Å². The third-order valence-corrected chi connectivity index (χ3v) is 1.29. The molecule has 1 rings (SSSR count). The molecule has 0 aromatic heterocycles. The van der Waals surface area contributed by atoms with Gasteiger partial charge in [0.1, 0.15) is 0 Å². The molecule has 3 nitrogen and oxygen atoms in total. The van der Waals surface area contributed by atoms with Gasteiger partial charge in [-0.1, -0.05) is 0 Å². The summed E-state index contributed by atoms with van der Waals surface area (Å²) >= 11 is 0. The molecule has 0 amide bonds. The Morgan fingerprint density at radius 2 is 1.92 bits per heavy atom. The average molecular weight is 198 g/mol. The monoisotopic (exact) mass is 198 g/mol. The van der Waals surface area contributed by atoms with Crippen LogP contribution in [0, 0.1) is 0 Å². The standard InChI is InChI=1S/C6H2F4O3/c7-5(8)1-4(3(12)2-11)13-6(5,9)10/h1-2H. The number of aldehydes is 1. The first-order valence-electron chi connectivity index (χ1n) is 2.97. The van der Waals surface area contributed by atoms with Crippen molar-refractivity contribution < 1.29 is 31.9 Å². The summed E-state index contributed by atoms with van der Waals surface area (Å²) in [6.07, 6.45) is -5.52. The van der Waals surface area contributed by atoms with Crippen LogP contribution in [0.4, 0.5) is 17.6 Å². The maximum absolute atomic E-state index is 12.2. The minimum atomic E-state index is -4.76. The zero-order chi connectivity index (χ0) is 10.3. The van der Waals surface area contributed by atoms with E-state index < -0.39 is 23.6 Å². The molecule has 0 atom stereocenters. The number of rotatable bonds is 2. The lowest BCUT2D eigenvalue weighted by Crippen LogP contribution is -2.36. The number of halogens is 4. The molecular formula is C6H2F4O3. The average Bonchev–Trinajstić information content (AvgIpc) is 2.20. The van der Waals surface area contributed by atoms with Crippen molar-refractivity contribution >= 4 is 12.1 Å². The number of hydrogen-bond acceptors (Lipinski definition) is 3. The van der Waals surface area contributed by atoms with Gasteiger partial charge in [0.15, 0.2) is 12.0 Å². The van der Waals surface area contributed by atoms with Crippen LogP contribution in [0.1, 0.15) is 0 Å². The molecule has 0 saturated heterocycles. The van der Waals surface area contributed by atoms with Crippen LogP contribution in [0.15, 0.2) is 11.8 Å². The quantitative estimate of drug-likeness (QED) is 0.376. The zero-order valence-corrected chi connectivity index (χ0v) is 5.89. The molecular weight excluding hydrogens is 196 g/mol. The Bertz CT molecular complexity index is 294. The number of ether oxygens (including phenoxy) is 1. The van der Waals surface area contributed by atoms with Gasteiger partial charge in [-0.05, 0) is 0 Å². The van der Waals surface area contributed by atoms with Crippen LogP contribution in [-0.4, -0.2) is 24.1 Å². The van der Waals surface area contributed by atoms with Crippen LogP contribution in [0.5, 0.6) is 0 Å². The predicted octanol–water partition coefficient (Wildman–Crippen LogP) is 0.897. The van der Waals surface area contributed by atoms with Gasteiger partial charge in [0.25, 0.3) is 5.78 Å². The topological polar surface area (TPSA) is 43.4 Å². The first-order chi connectivity index (χ1) is 5.80. The van der Waals surface area contributed by atoms with E-state index in [9.17, 15) is 27.2 Å². The second-order valence-electron chi connectivity index (χ2n) is 2.23. The highest BCUT2D eigenvalue weighted by Gasteiger charge is 2.63. The molecule has 0 fully saturated rings. The molecule has 1 heterocycles. The summed E-state index contributed by atoms with van der Waals surface area (Å²) in [6.45, 7) is 0. The van der Waals surface area contributed by atoms with Crippen LogP contribution in [0.25, 0.3) is 0 Å². The molecule has 0 bridgehead atoms. The summed E-state index contributed by atoms with van der Waals surface area (Å²) in [6, 6.07) is 0. The van der Waals surface area contributed by atoms with Gasteiger partial charge < -0.3 is 4.74 Å². The molecule has 1 aliphatic rings. The van der Waals surface area contributed by atoms with E-state index in [0.29, 0.717) is 0 Å². The fourth-order valence-corrected chi connectivity index (χ4v) is 0.664. The molecule has 0 aromatic rings. The number of hydrogen-bond donors (Lipinski definition) is 0. The molecule has 0 aliphatic carbocycles. The Hall–Kier alpha value is -1.40. The van der Waals surface area contributed by atoms with Crippen molar-refractivity contribution in [3.05, 3.63) is 11.8 Å². The smallest absolute Gasteiger partial charge is 0.424 e. The molecule has 13 heavy (non-hydrogen) atoms. The van der Waals surface area contributed by atoms with E-state index in [1.54, 1.807) is 0 Å². The highest BCUT2D eigenvalue weighted by Crippen LogP contribution is 2.43. The number of ketones is 1. The second-order valence-corrected chi connectivity index (χ2v) is 2.23. The van der Waals surface area contributed by atoms with Crippen molar-refractivity contribution in [1.82, 2.24) is 0 Å². The number of alkyl halides is 4. The highest BCUT2D eigenvalue weighted by atomic mass is 19.3. The van der Waals surface area contributed by atoms with E-state index in [0.717, 1.165) is 0 Å². The van der Waals surface area contributed by atoms with Gasteiger partial charge in [-0.2, -0.15) is 17.6 Å². The lowest BCUT2D eigenvalue weighted by Gasteiger charge is -2.15. The lowest BCUT2D eigenvalue weighted by molar-refractivity contribution is -0.294. The molecule has 72 valence electrons. The highest BCUT2D eigenvalue weighted by molar-refractivity contribution is 6.32. The molecule has 0 radical (unpaired) electrons. The van der Waals surface area contributed by atoms with Crippen molar-refractivity contribution in [2.45, 2.75) is 12.0 Å². The van der Waals surface area contributed by atoms with Crippen molar-refractivity contribution in [2.24, 2.45) is 0 Å². The maximum atomic E-state index is 12.2. The van der Waals surface area contributed by atoms with Crippen LogP contribution in [0.2, 0.25) is 0 Å². The van der Waals surface area contributed by atoms with Gasteiger partial charge >= 0.3 is 12.0 Å². The second kappa shape index (κ2) is 2.54. The van der Waals surface area contributed by atoms with E-state index >= 15 is 0 Å². The summed E-state index contributed by atoms with van der Waals surface area (Å²) < 4.78 is 52.2. The van der Waals surface area contributed by atoms with Crippen molar-refractivity contribution in [1.29, 1.82) is 0 Å². The van der Waals surface area contributed by atoms with Crippen molar-refractivity contribution in [2.75, 3.05) is 0 Å². The number of carbonyl (C=O) groups excluding carboxylic acids is 2. The number of Topliss-reactive ketones (excluding diaryl/α,β-unsaturated/α-hetero) is 1. The summed E-state index contributed by atoms with van der Waals surface area (Å²) in [5, 5.41) is 0. The molecule has 0 saturated carbocycles. The summed E-state index contributed by atoms with van der Waals surface area (Å²) in [4.78, 5) is 20.1. The van der Waals surface area contributed by atoms with E-state index in [-0.39, 0.29) is 12.4 Å². The molecule has 0 spiro atoms. The van der Waals surface area contributed by atoms with Gasteiger partial charge in [0.2, 0.25) is 0 Å². The molecule has 1 aliphatic heterocycles. The molecule has 0 unspecified atom stereocenters. The number of allylic oxidation sites excluding steroid dienone is 1. The SMILES string of the molecule is O=CC(=O)C1=CC(F)(F)C(F)(F)O1. The summed E-state index contributed by atoms with van der Waals surface area (Å²) in [5.41, 5.74) is 0.